The summed E-state index contributed by atoms with van der Waals surface area (Å²) in [6, 6.07) is -0.348. The molecular formula is C10H21NO3Y3. The van der Waals surface area contributed by atoms with Crippen LogP contribution >= 0.6 is 0 Å². The molecule has 4 nitrogen and oxygen atoms in total. The topological polar surface area (TPSA) is 63.9 Å². The first kappa shape index (κ1) is 25.1. The molecule has 7 heteroatoms. The zero-order chi connectivity index (χ0) is 10.9. The summed E-state index contributed by atoms with van der Waals surface area (Å²) < 4.78 is 0. The van der Waals surface area contributed by atoms with E-state index >= 15 is 0 Å². The molecule has 1 heterocycles. The molecule has 1 aliphatic rings. The largest absolute Gasteiger partial charge is 0.395 e. The Labute approximate surface area is 179 Å². The van der Waals surface area contributed by atoms with Crippen LogP contribution < -0.4 is 0 Å². The Hall–Kier alpha value is 3.15. The van der Waals surface area contributed by atoms with Crippen molar-refractivity contribution >= 4 is 0 Å². The number of likely N-dealkylation sites (tertiary alicyclic amines) is 1. The summed E-state index contributed by atoms with van der Waals surface area (Å²) >= 11 is 0. The van der Waals surface area contributed by atoms with Crippen molar-refractivity contribution in [2.45, 2.75) is 51.0 Å². The molecule has 0 spiro atoms. The molecule has 3 radical (unpaired) electrons. The summed E-state index contributed by atoms with van der Waals surface area (Å²) in [6.07, 6.45) is -0.978. The third-order valence-electron chi connectivity index (χ3n) is 2.90. The van der Waals surface area contributed by atoms with Crippen LogP contribution in [0.4, 0.5) is 0 Å². The summed E-state index contributed by atoms with van der Waals surface area (Å²) in [5.74, 6) is 0. The normalized spacial score (nSPS) is 29.6. The molecule has 0 bridgehead atoms. The Morgan fingerprint density at radius 1 is 1.12 bits per heavy atom. The summed E-state index contributed by atoms with van der Waals surface area (Å²) in [4.78, 5) is 2.05. The molecule has 0 amide bonds. The first-order valence-corrected chi connectivity index (χ1v) is 5.11. The fourth-order valence-corrected chi connectivity index (χ4v) is 2.09. The van der Waals surface area contributed by atoms with Gasteiger partial charge in [-0.15, -0.1) is 0 Å². The van der Waals surface area contributed by atoms with Crippen LogP contribution in [0.15, 0.2) is 0 Å². The maximum atomic E-state index is 9.72. The molecule has 0 aromatic carbocycles. The second-order valence-corrected chi connectivity index (χ2v) is 4.96. The van der Waals surface area contributed by atoms with Gasteiger partial charge in [-0.3, -0.25) is 4.90 Å². The predicted octanol–water partition coefficient (Wildman–Crippen LogP) is -0.434. The Balaban J connectivity index is -0.000000653. The minimum atomic E-state index is -0.840. The second-order valence-electron chi connectivity index (χ2n) is 4.96. The molecule has 0 aromatic rings. The number of aliphatic hydroxyl groups excluding tert-OH is 3. The molecule has 0 aliphatic carbocycles. The van der Waals surface area contributed by atoms with Crippen molar-refractivity contribution in [3.8, 4) is 0 Å². The quantitative estimate of drug-likeness (QED) is 0.487. The van der Waals surface area contributed by atoms with E-state index in [2.05, 4.69) is 0 Å². The number of piperidine rings is 1. The van der Waals surface area contributed by atoms with Crippen LogP contribution in [0.25, 0.3) is 0 Å². The first-order valence-electron chi connectivity index (χ1n) is 5.11. The number of hydrogen-bond acceptors (Lipinski definition) is 4. The van der Waals surface area contributed by atoms with E-state index in [-0.39, 0.29) is 116 Å². The van der Waals surface area contributed by atoms with Gasteiger partial charge in [0.1, 0.15) is 0 Å². The van der Waals surface area contributed by atoms with Crippen molar-refractivity contribution in [2.24, 2.45) is 0 Å². The summed E-state index contributed by atoms with van der Waals surface area (Å²) in [6.45, 7) is 6.72. The maximum absolute atomic E-state index is 9.72. The predicted molar refractivity (Wildman–Crippen MR) is 54.0 cm³/mol. The van der Waals surface area contributed by atoms with Gasteiger partial charge >= 0.3 is 0 Å². The van der Waals surface area contributed by atoms with Gasteiger partial charge in [0.2, 0.25) is 0 Å². The molecule has 0 aromatic heterocycles. The van der Waals surface area contributed by atoms with Gasteiger partial charge in [-0.1, -0.05) is 0 Å². The zero-order valence-electron chi connectivity index (χ0n) is 10.9. The van der Waals surface area contributed by atoms with Crippen molar-refractivity contribution in [3.05, 3.63) is 0 Å². The maximum Gasteiger partial charge on any atom is 0.0976 e. The van der Waals surface area contributed by atoms with Crippen LogP contribution in [-0.4, -0.2) is 57.2 Å². The van der Waals surface area contributed by atoms with Gasteiger partial charge in [-0.05, 0) is 27.2 Å². The molecule has 0 saturated carbocycles. The molecule has 1 fully saturated rings. The van der Waals surface area contributed by atoms with Crippen LogP contribution in [0.2, 0.25) is 0 Å². The molecule has 1 saturated heterocycles. The van der Waals surface area contributed by atoms with E-state index in [1.165, 1.54) is 0 Å². The number of nitrogens with zero attached hydrogens (tertiary/aromatic N) is 1. The molecule has 3 N–H and O–H groups in total. The fraction of sp³-hybridized carbons (Fsp3) is 1.00. The minimum absolute atomic E-state index is 0. The Morgan fingerprint density at radius 2 is 1.59 bits per heavy atom. The molecule has 17 heavy (non-hydrogen) atoms. The van der Waals surface area contributed by atoms with Crippen LogP contribution in [0.3, 0.4) is 0 Å². The van der Waals surface area contributed by atoms with E-state index in [9.17, 15) is 15.3 Å². The van der Waals surface area contributed by atoms with Crippen molar-refractivity contribution < 1.29 is 113 Å². The van der Waals surface area contributed by atoms with E-state index < -0.39 is 12.2 Å². The van der Waals surface area contributed by atoms with Gasteiger partial charge in [0.05, 0.1) is 24.9 Å². The summed E-state index contributed by atoms with van der Waals surface area (Å²) in [5, 5.41) is 28.4. The summed E-state index contributed by atoms with van der Waals surface area (Å²) in [7, 11) is 0. The van der Waals surface area contributed by atoms with Gasteiger partial charge < -0.3 is 15.3 Å². The van der Waals surface area contributed by atoms with Crippen LogP contribution in [0.5, 0.6) is 0 Å². The third-order valence-corrected chi connectivity index (χ3v) is 2.90. The van der Waals surface area contributed by atoms with Crippen LogP contribution in [0, 0.1) is 0 Å². The second kappa shape index (κ2) is 10.8. The summed E-state index contributed by atoms with van der Waals surface area (Å²) in [5.41, 5.74) is -0.0888. The van der Waals surface area contributed by atoms with Gasteiger partial charge in [-0.25, -0.2) is 0 Å². The van der Waals surface area contributed by atoms with Crippen LogP contribution in [-0.2, 0) is 98.1 Å². The zero-order valence-corrected chi connectivity index (χ0v) is 19.4. The van der Waals surface area contributed by atoms with Gasteiger partial charge in [0, 0.05) is 110 Å². The average molecular weight is 470 g/mol. The molecule has 1 aliphatic heterocycles. The Kier molecular flexibility index (Phi) is 16.0. The van der Waals surface area contributed by atoms with Crippen LogP contribution in [0.1, 0.15) is 27.2 Å². The van der Waals surface area contributed by atoms with E-state index in [1.54, 1.807) is 0 Å². The average Bonchev–Trinajstić information content (AvgIpc) is 2.07. The molecular weight excluding hydrogens is 449 g/mol. The minimum Gasteiger partial charge on any atom is -0.395 e. The van der Waals surface area contributed by atoms with E-state index in [0.717, 1.165) is 0 Å². The van der Waals surface area contributed by atoms with Crippen molar-refractivity contribution in [1.29, 1.82) is 0 Å². The van der Waals surface area contributed by atoms with Gasteiger partial charge in [0.15, 0.2) is 0 Å². The number of rotatable bonds is 1. The molecule has 1 rings (SSSR count). The van der Waals surface area contributed by atoms with E-state index in [1.807, 2.05) is 25.7 Å². The number of hydrogen-bond donors (Lipinski definition) is 3. The molecule has 0 unspecified atom stereocenters. The van der Waals surface area contributed by atoms with Crippen molar-refractivity contribution in [3.63, 3.8) is 0 Å². The first-order chi connectivity index (χ1) is 6.38. The van der Waals surface area contributed by atoms with Crippen molar-refractivity contribution in [2.75, 3.05) is 13.2 Å². The third kappa shape index (κ3) is 7.11. The standard InChI is InChI=1S/C10H21NO3.3Y/c1-10(2,3)11-5-4-8(13)9(14)7(11)6-12;;;/h7-9,12-14H,4-6H2,1-3H3;;;/t7-,8-,9-;;;/m1.../s1. The SMILES string of the molecule is CC(C)(C)N1CC[C@@H](O)[C@H](O)[C@H]1CO.[Y].[Y].[Y]. The fourth-order valence-electron chi connectivity index (χ4n) is 2.09. The number of aliphatic hydroxyl groups is 3. The Bertz CT molecular complexity index is 202. The smallest absolute Gasteiger partial charge is 0.0976 e. The molecule has 3 atom stereocenters. The Morgan fingerprint density at radius 3 is 1.94 bits per heavy atom. The monoisotopic (exact) mass is 470 g/mol. The van der Waals surface area contributed by atoms with Gasteiger partial charge in [-0.2, -0.15) is 0 Å². The molecule has 93 valence electrons. The van der Waals surface area contributed by atoms with E-state index in [0.29, 0.717) is 13.0 Å². The van der Waals surface area contributed by atoms with E-state index in [4.69, 9.17) is 0 Å². The van der Waals surface area contributed by atoms with Crippen molar-refractivity contribution in [1.82, 2.24) is 4.90 Å². The van der Waals surface area contributed by atoms with Gasteiger partial charge in [0.25, 0.3) is 0 Å².